The standard InChI is InChI=1S/C13H17F4N.ClH/c1-2-3-4-8-11(18)12-9(13(15,16)17)6-5-7-10(12)14;/h5-7,11H,2-4,8,18H2,1H3;1H/t11-;/m1./s1. The number of benzene rings is 1. The van der Waals surface area contributed by atoms with Gasteiger partial charge in [-0.3, -0.25) is 0 Å². The summed E-state index contributed by atoms with van der Waals surface area (Å²) in [6.07, 6.45) is -1.69. The first-order valence-corrected chi connectivity index (χ1v) is 5.99. The summed E-state index contributed by atoms with van der Waals surface area (Å²) >= 11 is 0. The summed E-state index contributed by atoms with van der Waals surface area (Å²) < 4.78 is 51.8. The quantitative estimate of drug-likeness (QED) is 0.610. The number of nitrogens with two attached hydrogens (primary N) is 1. The summed E-state index contributed by atoms with van der Waals surface area (Å²) in [5, 5.41) is 0. The third kappa shape index (κ3) is 4.99. The molecule has 0 radical (unpaired) electrons. The molecule has 0 fully saturated rings. The molecule has 0 unspecified atom stereocenters. The lowest BCUT2D eigenvalue weighted by Crippen LogP contribution is -2.19. The van der Waals surface area contributed by atoms with E-state index in [0.717, 1.165) is 31.0 Å². The SMILES string of the molecule is CCCCC[C@@H](N)c1c(F)cccc1C(F)(F)F.Cl. The Bertz CT molecular complexity index is 393. The normalized spacial score (nSPS) is 12.9. The molecule has 0 bridgehead atoms. The number of hydrogen-bond acceptors (Lipinski definition) is 1. The molecular formula is C13H18ClF4N. The maximum Gasteiger partial charge on any atom is 0.416 e. The van der Waals surface area contributed by atoms with Crippen molar-refractivity contribution in [1.29, 1.82) is 0 Å². The monoisotopic (exact) mass is 299 g/mol. The Hall–Kier alpha value is -0.810. The summed E-state index contributed by atoms with van der Waals surface area (Å²) in [5.41, 5.74) is 4.31. The van der Waals surface area contributed by atoms with Gasteiger partial charge in [-0.2, -0.15) is 13.2 Å². The Labute approximate surface area is 116 Å². The van der Waals surface area contributed by atoms with E-state index in [1.807, 2.05) is 6.92 Å². The topological polar surface area (TPSA) is 26.0 Å². The van der Waals surface area contributed by atoms with Crippen molar-refractivity contribution in [3.05, 3.63) is 35.1 Å². The van der Waals surface area contributed by atoms with Crippen molar-refractivity contribution in [3.63, 3.8) is 0 Å². The Balaban J connectivity index is 0.00000324. The fourth-order valence-electron chi connectivity index (χ4n) is 1.92. The van der Waals surface area contributed by atoms with Crippen molar-refractivity contribution in [2.24, 2.45) is 5.73 Å². The number of rotatable bonds is 5. The Morgan fingerprint density at radius 3 is 2.37 bits per heavy atom. The third-order valence-electron chi connectivity index (χ3n) is 2.85. The highest BCUT2D eigenvalue weighted by atomic mass is 35.5. The molecule has 0 saturated carbocycles. The van der Waals surface area contributed by atoms with Crippen LogP contribution in [0.15, 0.2) is 18.2 Å². The number of hydrogen-bond donors (Lipinski definition) is 1. The molecular weight excluding hydrogens is 282 g/mol. The van der Waals surface area contributed by atoms with Crippen LogP contribution < -0.4 is 5.73 Å². The van der Waals surface area contributed by atoms with Crippen LogP contribution in [0.3, 0.4) is 0 Å². The highest BCUT2D eigenvalue weighted by Gasteiger charge is 2.35. The molecule has 1 aromatic carbocycles. The second-order valence-corrected chi connectivity index (χ2v) is 4.30. The molecule has 1 nitrogen and oxygen atoms in total. The maximum atomic E-state index is 13.6. The summed E-state index contributed by atoms with van der Waals surface area (Å²) in [4.78, 5) is 0. The van der Waals surface area contributed by atoms with Gasteiger partial charge >= 0.3 is 6.18 Å². The molecule has 19 heavy (non-hydrogen) atoms. The van der Waals surface area contributed by atoms with Crippen LogP contribution in [0.1, 0.15) is 49.8 Å². The van der Waals surface area contributed by atoms with Crippen LogP contribution in [0.25, 0.3) is 0 Å². The zero-order valence-corrected chi connectivity index (χ0v) is 11.5. The van der Waals surface area contributed by atoms with Crippen LogP contribution in [0.2, 0.25) is 0 Å². The van der Waals surface area contributed by atoms with Crippen LogP contribution in [0.5, 0.6) is 0 Å². The van der Waals surface area contributed by atoms with Crippen molar-refractivity contribution in [1.82, 2.24) is 0 Å². The van der Waals surface area contributed by atoms with Gasteiger partial charge < -0.3 is 5.73 Å². The van der Waals surface area contributed by atoms with Crippen molar-refractivity contribution in [3.8, 4) is 0 Å². The average Bonchev–Trinajstić information content (AvgIpc) is 2.27. The predicted octanol–water partition coefficient (Wildman–Crippen LogP) is 4.85. The first kappa shape index (κ1) is 18.2. The molecule has 1 rings (SSSR count). The van der Waals surface area contributed by atoms with Gasteiger partial charge in [-0.15, -0.1) is 12.4 Å². The second kappa shape index (κ2) is 7.70. The summed E-state index contributed by atoms with van der Waals surface area (Å²) in [6.45, 7) is 1.98. The first-order valence-electron chi connectivity index (χ1n) is 5.99. The summed E-state index contributed by atoms with van der Waals surface area (Å²) in [6, 6.07) is 2.04. The van der Waals surface area contributed by atoms with Crippen molar-refractivity contribution >= 4 is 12.4 Å². The second-order valence-electron chi connectivity index (χ2n) is 4.30. The average molecular weight is 300 g/mol. The van der Waals surface area contributed by atoms with Crippen molar-refractivity contribution < 1.29 is 17.6 Å². The molecule has 0 saturated heterocycles. The molecule has 0 amide bonds. The molecule has 1 atom stereocenters. The molecule has 0 aromatic heterocycles. The van der Waals surface area contributed by atoms with Gasteiger partial charge in [0, 0.05) is 11.6 Å². The van der Waals surface area contributed by atoms with Crippen LogP contribution in [-0.4, -0.2) is 0 Å². The summed E-state index contributed by atoms with van der Waals surface area (Å²) in [7, 11) is 0. The minimum atomic E-state index is -4.57. The Morgan fingerprint density at radius 2 is 1.84 bits per heavy atom. The Kier molecular flexibility index (Phi) is 7.37. The van der Waals surface area contributed by atoms with Gasteiger partial charge in [0.25, 0.3) is 0 Å². The number of halogens is 5. The van der Waals surface area contributed by atoms with E-state index >= 15 is 0 Å². The highest BCUT2D eigenvalue weighted by molar-refractivity contribution is 5.85. The molecule has 0 heterocycles. The molecule has 0 aliphatic carbocycles. The van der Waals surface area contributed by atoms with Gasteiger partial charge in [0.05, 0.1) is 5.56 Å². The molecule has 6 heteroatoms. The zero-order valence-electron chi connectivity index (χ0n) is 10.6. The van der Waals surface area contributed by atoms with E-state index < -0.39 is 29.2 Å². The van der Waals surface area contributed by atoms with Crippen LogP contribution in [0.4, 0.5) is 17.6 Å². The lowest BCUT2D eigenvalue weighted by molar-refractivity contribution is -0.138. The largest absolute Gasteiger partial charge is 0.416 e. The zero-order chi connectivity index (χ0) is 13.8. The van der Waals surface area contributed by atoms with E-state index in [4.69, 9.17) is 5.73 Å². The Morgan fingerprint density at radius 1 is 1.21 bits per heavy atom. The van der Waals surface area contributed by atoms with E-state index in [1.165, 1.54) is 0 Å². The predicted molar refractivity (Wildman–Crippen MR) is 69.7 cm³/mol. The molecule has 0 aliphatic rings. The number of alkyl halides is 3. The minimum absolute atomic E-state index is 0. The van der Waals surface area contributed by atoms with Crippen molar-refractivity contribution in [2.45, 2.75) is 44.8 Å². The van der Waals surface area contributed by atoms with Crippen LogP contribution >= 0.6 is 12.4 Å². The molecule has 1 aromatic rings. The lowest BCUT2D eigenvalue weighted by atomic mass is 9.95. The first-order chi connectivity index (χ1) is 8.38. The fourth-order valence-corrected chi connectivity index (χ4v) is 1.92. The molecule has 0 aliphatic heterocycles. The van der Waals surface area contributed by atoms with Crippen LogP contribution in [-0.2, 0) is 6.18 Å². The van der Waals surface area contributed by atoms with E-state index in [2.05, 4.69) is 0 Å². The van der Waals surface area contributed by atoms with E-state index in [9.17, 15) is 17.6 Å². The molecule has 2 N–H and O–H groups in total. The molecule has 0 spiro atoms. The van der Waals surface area contributed by atoms with E-state index in [1.54, 1.807) is 0 Å². The minimum Gasteiger partial charge on any atom is -0.324 e. The van der Waals surface area contributed by atoms with E-state index in [0.29, 0.717) is 12.8 Å². The van der Waals surface area contributed by atoms with E-state index in [-0.39, 0.29) is 12.4 Å². The molecule has 110 valence electrons. The van der Waals surface area contributed by atoms with Gasteiger partial charge in [-0.25, -0.2) is 4.39 Å². The van der Waals surface area contributed by atoms with Gasteiger partial charge in [0.15, 0.2) is 0 Å². The van der Waals surface area contributed by atoms with Gasteiger partial charge in [0.2, 0.25) is 0 Å². The van der Waals surface area contributed by atoms with Gasteiger partial charge in [0.1, 0.15) is 5.82 Å². The lowest BCUT2D eigenvalue weighted by Gasteiger charge is -2.19. The van der Waals surface area contributed by atoms with Gasteiger partial charge in [-0.1, -0.05) is 32.3 Å². The van der Waals surface area contributed by atoms with Gasteiger partial charge in [-0.05, 0) is 18.6 Å². The van der Waals surface area contributed by atoms with Crippen LogP contribution in [0, 0.1) is 5.82 Å². The maximum absolute atomic E-state index is 13.6. The number of unbranched alkanes of at least 4 members (excludes halogenated alkanes) is 2. The third-order valence-corrected chi connectivity index (χ3v) is 2.85. The highest BCUT2D eigenvalue weighted by Crippen LogP contribution is 2.36. The van der Waals surface area contributed by atoms with Crippen molar-refractivity contribution in [2.75, 3.05) is 0 Å². The smallest absolute Gasteiger partial charge is 0.324 e. The summed E-state index contributed by atoms with van der Waals surface area (Å²) in [5.74, 6) is -0.881. The fraction of sp³-hybridized carbons (Fsp3) is 0.538.